The smallest absolute Gasteiger partial charge is 0.253 e. The average Bonchev–Trinajstić information content (AvgIpc) is 3.31. The van der Waals surface area contributed by atoms with E-state index in [1.54, 1.807) is 0 Å². The predicted molar refractivity (Wildman–Crippen MR) is 97.8 cm³/mol. The second-order valence-electron chi connectivity index (χ2n) is 7.93. The van der Waals surface area contributed by atoms with E-state index in [0.717, 1.165) is 12.0 Å². The zero-order valence-electron chi connectivity index (χ0n) is 14.9. The van der Waals surface area contributed by atoms with Gasteiger partial charge in [0.05, 0.1) is 18.3 Å². The zero-order valence-corrected chi connectivity index (χ0v) is 14.9. The van der Waals surface area contributed by atoms with Crippen molar-refractivity contribution < 1.29 is 19.0 Å². The highest BCUT2D eigenvalue weighted by atomic mass is 19.1. The number of fused-ring (bicyclic) bond motifs is 4. The van der Waals surface area contributed by atoms with E-state index in [0.29, 0.717) is 18.7 Å². The Morgan fingerprint density at radius 1 is 1.04 bits per heavy atom. The minimum absolute atomic E-state index is 0.00593. The molecule has 0 saturated carbocycles. The van der Waals surface area contributed by atoms with Crippen molar-refractivity contribution in [1.82, 2.24) is 4.90 Å². The molecule has 2 aromatic carbocycles. The molecule has 3 saturated heterocycles. The van der Waals surface area contributed by atoms with E-state index in [4.69, 9.17) is 4.74 Å². The van der Waals surface area contributed by atoms with Crippen molar-refractivity contribution in [3.05, 3.63) is 71.5 Å². The number of aliphatic hydroxyl groups excluding tert-OH is 1. The van der Waals surface area contributed by atoms with Crippen LogP contribution in [0.15, 0.2) is 54.6 Å². The van der Waals surface area contributed by atoms with Gasteiger partial charge in [-0.2, -0.15) is 0 Å². The molecule has 140 valence electrons. The molecule has 1 amide bonds. The molecule has 0 aromatic heterocycles. The van der Waals surface area contributed by atoms with E-state index in [2.05, 4.69) is 0 Å². The summed E-state index contributed by atoms with van der Waals surface area (Å²) in [6.45, 7) is 1.15. The van der Waals surface area contributed by atoms with Crippen LogP contribution in [0.5, 0.6) is 0 Å². The molecule has 3 aliphatic heterocycles. The lowest BCUT2D eigenvalue weighted by Crippen LogP contribution is -2.46. The fourth-order valence-electron chi connectivity index (χ4n) is 5.16. The number of likely N-dealkylation sites (tertiary alicyclic amines) is 1. The van der Waals surface area contributed by atoms with Gasteiger partial charge in [0.1, 0.15) is 5.82 Å². The van der Waals surface area contributed by atoms with Crippen molar-refractivity contribution in [2.24, 2.45) is 11.8 Å². The Labute approximate surface area is 157 Å². The molecular formula is C22H22FNO3. The minimum Gasteiger partial charge on any atom is -0.390 e. The average molecular weight is 367 g/mol. The van der Waals surface area contributed by atoms with E-state index in [1.165, 1.54) is 12.1 Å². The molecule has 0 spiro atoms. The maximum Gasteiger partial charge on any atom is 0.253 e. The Bertz CT molecular complexity index is 840. The van der Waals surface area contributed by atoms with E-state index >= 15 is 0 Å². The molecule has 2 bridgehead atoms. The second-order valence-corrected chi connectivity index (χ2v) is 7.93. The molecule has 5 rings (SSSR count). The summed E-state index contributed by atoms with van der Waals surface area (Å²) >= 11 is 0. The van der Waals surface area contributed by atoms with Crippen molar-refractivity contribution in [1.29, 1.82) is 0 Å². The third-order valence-electron chi connectivity index (χ3n) is 6.47. The zero-order chi connectivity index (χ0) is 18.5. The SMILES string of the molecule is O=C(c1ccccc1)N1C[C@H]2[C@H](O)[C@@H]3C[C@H](c4ccc(F)cc4)[C@@H](O3)[C@H]2C1. The van der Waals surface area contributed by atoms with Crippen LogP contribution in [0, 0.1) is 17.7 Å². The van der Waals surface area contributed by atoms with E-state index in [1.807, 2.05) is 47.4 Å². The summed E-state index contributed by atoms with van der Waals surface area (Å²) in [7, 11) is 0. The minimum atomic E-state index is -0.565. The van der Waals surface area contributed by atoms with Crippen molar-refractivity contribution in [2.75, 3.05) is 13.1 Å². The van der Waals surface area contributed by atoms with E-state index in [-0.39, 0.29) is 41.7 Å². The van der Waals surface area contributed by atoms with Gasteiger partial charge in [0.25, 0.3) is 5.91 Å². The lowest BCUT2D eigenvalue weighted by atomic mass is 9.81. The molecule has 27 heavy (non-hydrogen) atoms. The van der Waals surface area contributed by atoms with Crippen LogP contribution in [0.25, 0.3) is 0 Å². The summed E-state index contributed by atoms with van der Waals surface area (Å²) in [5.74, 6) is 0.0193. The topological polar surface area (TPSA) is 49.8 Å². The third kappa shape index (κ3) is 2.77. The van der Waals surface area contributed by atoms with Gasteiger partial charge in [-0.3, -0.25) is 4.79 Å². The summed E-state index contributed by atoms with van der Waals surface area (Å²) in [5.41, 5.74) is 1.72. The summed E-state index contributed by atoms with van der Waals surface area (Å²) in [4.78, 5) is 14.7. The molecule has 3 heterocycles. The number of rotatable bonds is 2. The van der Waals surface area contributed by atoms with Crippen molar-refractivity contribution in [3.8, 4) is 0 Å². The Kier molecular flexibility index (Phi) is 4.02. The van der Waals surface area contributed by atoms with Gasteiger partial charge in [0, 0.05) is 36.4 Å². The quantitative estimate of drug-likeness (QED) is 0.888. The number of hydrogen-bond donors (Lipinski definition) is 1. The van der Waals surface area contributed by atoms with Gasteiger partial charge in [-0.25, -0.2) is 4.39 Å². The number of aliphatic hydroxyl groups is 1. The van der Waals surface area contributed by atoms with Gasteiger partial charge in [0.15, 0.2) is 0 Å². The highest BCUT2D eigenvalue weighted by Gasteiger charge is 2.56. The fourth-order valence-corrected chi connectivity index (χ4v) is 5.16. The third-order valence-corrected chi connectivity index (χ3v) is 6.47. The van der Waals surface area contributed by atoms with Gasteiger partial charge in [-0.15, -0.1) is 0 Å². The highest BCUT2D eigenvalue weighted by molar-refractivity contribution is 5.94. The predicted octanol–water partition coefficient (Wildman–Crippen LogP) is 2.83. The van der Waals surface area contributed by atoms with Gasteiger partial charge >= 0.3 is 0 Å². The first-order valence-electron chi connectivity index (χ1n) is 9.55. The molecule has 0 unspecified atom stereocenters. The molecular weight excluding hydrogens is 345 g/mol. The standard InChI is InChI=1S/C22H22FNO3/c23-15-8-6-13(7-9-15)16-10-19-20(25)17-11-24(12-18(17)21(16)27-19)22(26)14-4-2-1-3-5-14/h1-9,16-21,25H,10-12H2/t16-,17-,18+,19+,20+,21-/m1/s1. The number of carbonyl (C=O) groups is 1. The maximum absolute atomic E-state index is 13.3. The van der Waals surface area contributed by atoms with E-state index < -0.39 is 6.10 Å². The Morgan fingerprint density at radius 3 is 2.48 bits per heavy atom. The van der Waals surface area contributed by atoms with Gasteiger partial charge < -0.3 is 14.7 Å². The van der Waals surface area contributed by atoms with Crippen LogP contribution in [-0.4, -0.2) is 47.3 Å². The van der Waals surface area contributed by atoms with Crippen LogP contribution in [0.1, 0.15) is 28.3 Å². The lowest BCUT2D eigenvalue weighted by molar-refractivity contribution is -0.126. The molecule has 1 N–H and O–H groups in total. The first kappa shape index (κ1) is 16.9. The summed E-state index contributed by atoms with van der Waals surface area (Å²) < 4.78 is 19.5. The first-order chi connectivity index (χ1) is 13.1. The van der Waals surface area contributed by atoms with Gasteiger partial charge in [-0.05, 0) is 36.2 Å². The number of ether oxygens (including phenoxy) is 1. The first-order valence-corrected chi connectivity index (χ1v) is 9.55. The van der Waals surface area contributed by atoms with Crippen molar-refractivity contribution in [2.45, 2.75) is 30.7 Å². The largest absolute Gasteiger partial charge is 0.390 e. The normalized spacial score (nSPS) is 34.5. The maximum atomic E-state index is 13.3. The van der Waals surface area contributed by atoms with E-state index in [9.17, 15) is 14.3 Å². The lowest BCUT2D eigenvalue weighted by Gasteiger charge is -2.36. The number of benzene rings is 2. The van der Waals surface area contributed by atoms with Crippen molar-refractivity contribution in [3.63, 3.8) is 0 Å². The Morgan fingerprint density at radius 2 is 1.74 bits per heavy atom. The molecule has 3 fully saturated rings. The number of nitrogens with zero attached hydrogens (tertiary/aromatic N) is 1. The summed E-state index contributed by atoms with van der Waals surface area (Å²) in [6, 6.07) is 15.8. The summed E-state index contributed by atoms with van der Waals surface area (Å²) in [6.07, 6.45) is -0.0670. The number of hydrogen-bond acceptors (Lipinski definition) is 3. The van der Waals surface area contributed by atoms with Crippen LogP contribution < -0.4 is 0 Å². The van der Waals surface area contributed by atoms with Gasteiger partial charge in [-0.1, -0.05) is 30.3 Å². The second kappa shape index (κ2) is 6.43. The molecule has 2 aromatic rings. The highest BCUT2D eigenvalue weighted by Crippen LogP contribution is 2.50. The molecule has 5 heteroatoms. The van der Waals surface area contributed by atoms with Crippen LogP contribution in [0.4, 0.5) is 4.39 Å². The number of halogens is 1. The number of amides is 1. The number of carbonyl (C=O) groups excluding carboxylic acids is 1. The summed E-state index contributed by atoms with van der Waals surface area (Å²) in [5, 5.41) is 10.8. The van der Waals surface area contributed by atoms with Crippen LogP contribution in [0.2, 0.25) is 0 Å². The monoisotopic (exact) mass is 367 g/mol. The van der Waals surface area contributed by atoms with Crippen LogP contribution in [0.3, 0.4) is 0 Å². The Balaban J connectivity index is 1.40. The molecule has 0 aliphatic carbocycles. The molecule has 3 aliphatic rings. The van der Waals surface area contributed by atoms with Gasteiger partial charge in [0.2, 0.25) is 0 Å². The molecule has 4 nitrogen and oxygen atoms in total. The molecule has 0 radical (unpaired) electrons. The van der Waals surface area contributed by atoms with Crippen LogP contribution >= 0.6 is 0 Å². The Hall–Kier alpha value is -2.24. The molecule has 6 atom stereocenters. The fraction of sp³-hybridized carbons (Fsp3) is 0.409. The van der Waals surface area contributed by atoms with Crippen molar-refractivity contribution >= 4 is 5.91 Å². The van der Waals surface area contributed by atoms with Crippen LogP contribution in [-0.2, 0) is 4.74 Å².